The number of fused-ring (bicyclic) bond motifs is 8. The molecule has 8 rings (SSSR count). The fraction of sp³-hybridized carbons (Fsp3) is 0.194. The highest BCUT2D eigenvalue weighted by atomic mass is 16.5. The molecule has 4 bridgehead atoms. The zero-order valence-corrected chi connectivity index (χ0v) is 27.6. The monoisotopic (exact) mass is 690 g/mol. The van der Waals surface area contributed by atoms with E-state index in [0.717, 1.165) is 0 Å². The van der Waals surface area contributed by atoms with Gasteiger partial charge in [0.2, 0.25) is 5.88 Å². The Balaban J connectivity index is 1.54. The fourth-order valence-electron chi connectivity index (χ4n) is 6.40. The molecule has 2 aliphatic heterocycles. The molecule has 51 heavy (non-hydrogen) atoms. The van der Waals surface area contributed by atoms with Crippen molar-refractivity contribution < 1.29 is 43.2 Å². The van der Waals surface area contributed by atoms with Crippen LogP contribution in [0.3, 0.4) is 0 Å². The zero-order chi connectivity index (χ0) is 36.0. The molecule has 0 spiro atoms. The number of hydrogen-bond donors (Lipinski definition) is 2. The van der Waals surface area contributed by atoms with Gasteiger partial charge in [-0.25, -0.2) is 19.7 Å². The number of amides is 1. The molecular formula is C36H30N6O9. The van der Waals surface area contributed by atoms with Crippen molar-refractivity contribution in [1.29, 1.82) is 0 Å². The maximum Gasteiger partial charge on any atom is 0.336 e. The lowest BCUT2D eigenvalue weighted by atomic mass is 10.0. The number of ketones is 1. The molecule has 3 aromatic heterocycles. The average Bonchev–Trinajstić information content (AvgIpc) is 3.69. The number of Topliss-reactive ketones (excluding diaryl/α,β-unsaturated/α-hetero) is 1. The Kier molecular flexibility index (Phi) is 8.30. The molecule has 0 radical (unpaired) electrons. The van der Waals surface area contributed by atoms with Crippen LogP contribution >= 0.6 is 0 Å². The maximum absolute atomic E-state index is 13.0. The first-order valence-corrected chi connectivity index (χ1v) is 15.7. The standard InChI is InChI=1S/C36H30N6O9/c1-18(44)21-6-5-20-14-23(21)34-39-29-26(8-4-19(17-43)31(29)48-2)41(34)10-11-42-27-9-7-22(33(37)45)32(49-3)30(27)40-35(42)25-16-38-28(51-13-12-50-20)15-24(25)36(46)47/h4-9,14-17H,10-13H2,1-3H3,(H2,37,45)(H,46,47). The Morgan fingerprint density at radius 3 is 2.08 bits per heavy atom. The number of benzene rings is 3. The summed E-state index contributed by atoms with van der Waals surface area (Å²) in [4.78, 5) is 64.1. The first-order valence-electron chi connectivity index (χ1n) is 15.7. The van der Waals surface area contributed by atoms with Crippen LogP contribution in [0.4, 0.5) is 0 Å². The van der Waals surface area contributed by atoms with Crippen molar-refractivity contribution in [3.63, 3.8) is 0 Å². The predicted molar refractivity (Wildman–Crippen MR) is 183 cm³/mol. The maximum atomic E-state index is 13.0. The number of aldehydes is 1. The molecule has 0 saturated carbocycles. The highest BCUT2D eigenvalue weighted by Crippen LogP contribution is 2.38. The smallest absolute Gasteiger partial charge is 0.336 e. The summed E-state index contributed by atoms with van der Waals surface area (Å²) in [5.74, 6) is -0.719. The van der Waals surface area contributed by atoms with Crippen LogP contribution in [0.5, 0.6) is 23.1 Å². The number of carbonyl (C=O) groups is 4. The normalized spacial score (nSPS) is 12.7. The number of aryl methyl sites for hydroxylation is 2. The van der Waals surface area contributed by atoms with Gasteiger partial charge in [0.05, 0.1) is 47.5 Å². The summed E-state index contributed by atoms with van der Waals surface area (Å²) in [5.41, 5.74) is 8.70. The van der Waals surface area contributed by atoms with Crippen molar-refractivity contribution in [3.05, 3.63) is 77.0 Å². The average molecular weight is 691 g/mol. The number of rotatable bonds is 6. The second-order valence-corrected chi connectivity index (χ2v) is 11.6. The van der Waals surface area contributed by atoms with Crippen molar-refractivity contribution in [2.75, 3.05) is 27.4 Å². The summed E-state index contributed by atoms with van der Waals surface area (Å²) in [6, 6.07) is 12.9. The molecule has 6 aromatic rings. The number of methoxy groups -OCH3 is 2. The minimum atomic E-state index is -1.25. The van der Waals surface area contributed by atoms with Crippen LogP contribution in [0.2, 0.25) is 0 Å². The van der Waals surface area contributed by atoms with Crippen LogP contribution in [0.1, 0.15) is 48.4 Å². The number of primary amides is 1. The van der Waals surface area contributed by atoms with E-state index in [1.165, 1.54) is 39.5 Å². The van der Waals surface area contributed by atoms with E-state index in [1.54, 1.807) is 41.0 Å². The number of carboxylic acid groups (broad SMARTS) is 1. The quantitative estimate of drug-likeness (QED) is 0.184. The molecule has 0 atom stereocenters. The molecule has 1 amide bonds. The Morgan fingerprint density at radius 2 is 1.45 bits per heavy atom. The van der Waals surface area contributed by atoms with Crippen LogP contribution in [0.15, 0.2) is 54.7 Å². The van der Waals surface area contributed by atoms with Gasteiger partial charge in [0.15, 0.2) is 23.6 Å². The Bertz CT molecular complexity index is 2430. The van der Waals surface area contributed by atoms with E-state index in [2.05, 4.69) is 4.98 Å². The summed E-state index contributed by atoms with van der Waals surface area (Å²) in [6.45, 7) is 1.88. The molecule has 15 nitrogen and oxygen atoms in total. The number of nitrogens with two attached hydrogens (primary N) is 1. The minimum absolute atomic E-state index is 0.0188. The second-order valence-electron chi connectivity index (χ2n) is 11.6. The van der Waals surface area contributed by atoms with Crippen LogP contribution in [0, 0.1) is 0 Å². The number of aromatic carboxylic acids is 1. The summed E-state index contributed by atoms with van der Waals surface area (Å²) < 4.78 is 26.7. The van der Waals surface area contributed by atoms with Gasteiger partial charge in [-0.1, -0.05) is 0 Å². The molecule has 15 heteroatoms. The van der Waals surface area contributed by atoms with Crippen LogP contribution < -0.4 is 24.7 Å². The van der Waals surface area contributed by atoms with Gasteiger partial charge in [-0.05, 0) is 49.4 Å². The van der Waals surface area contributed by atoms with Gasteiger partial charge in [0.1, 0.15) is 41.6 Å². The molecule has 3 aromatic carbocycles. The third-order valence-corrected chi connectivity index (χ3v) is 8.69. The van der Waals surface area contributed by atoms with E-state index in [9.17, 15) is 24.3 Å². The second kappa shape index (κ2) is 12.9. The first-order chi connectivity index (χ1) is 24.6. The summed E-state index contributed by atoms with van der Waals surface area (Å²) in [7, 11) is 2.83. The van der Waals surface area contributed by atoms with E-state index in [4.69, 9.17) is 34.6 Å². The molecule has 5 heterocycles. The molecular weight excluding hydrogens is 660 g/mol. The summed E-state index contributed by atoms with van der Waals surface area (Å²) >= 11 is 0. The highest BCUT2D eigenvalue weighted by molar-refractivity contribution is 6.04. The van der Waals surface area contributed by atoms with E-state index < -0.39 is 11.9 Å². The van der Waals surface area contributed by atoms with Crippen LogP contribution in [-0.2, 0) is 13.1 Å². The van der Waals surface area contributed by atoms with Gasteiger partial charge in [-0.3, -0.25) is 14.4 Å². The third kappa shape index (κ3) is 5.53. The number of ether oxygens (including phenoxy) is 4. The number of aromatic nitrogens is 5. The minimum Gasteiger partial charge on any atom is -0.494 e. The van der Waals surface area contributed by atoms with E-state index >= 15 is 0 Å². The molecule has 258 valence electrons. The summed E-state index contributed by atoms with van der Waals surface area (Å²) in [5, 5.41) is 10.3. The molecule has 0 fully saturated rings. The van der Waals surface area contributed by atoms with Gasteiger partial charge in [0, 0.05) is 36.5 Å². The lowest BCUT2D eigenvalue weighted by Gasteiger charge is -2.16. The fourth-order valence-corrected chi connectivity index (χ4v) is 6.40. The number of hydrogen-bond acceptors (Lipinski definition) is 11. The van der Waals surface area contributed by atoms with Gasteiger partial charge in [-0.2, -0.15) is 0 Å². The molecule has 0 aliphatic carbocycles. The predicted octanol–water partition coefficient (Wildman–Crippen LogP) is 4.42. The topological polar surface area (TPSA) is 200 Å². The molecule has 3 N–H and O–H groups in total. The van der Waals surface area contributed by atoms with Crippen molar-refractivity contribution in [1.82, 2.24) is 24.1 Å². The van der Waals surface area contributed by atoms with Crippen LogP contribution in [0.25, 0.3) is 44.8 Å². The van der Waals surface area contributed by atoms with Gasteiger partial charge in [0.25, 0.3) is 5.91 Å². The number of pyridine rings is 1. The van der Waals surface area contributed by atoms with Gasteiger partial charge >= 0.3 is 5.97 Å². The Labute approximate surface area is 289 Å². The Hall–Kier alpha value is -6.77. The number of carbonyl (C=O) groups excluding carboxylic acids is 3. The zero-order valence-electron chi connectivity index (χ0n) is 27.6. The van der Waals surface area contributed by atoms with Crippen molar-refractivity contribution in [3.8, 4) is 45.9 Å². The third-order valence-electron chi connectivity index (χ3n) is 8.69. The molecule has 0 unspecified atom stereocenters. The highest BCUT2D eigenvalue weighted by Gasteiger charge is 2.27. The van der Waals surface area contributed by atoms with Crippen molar-refractivity contribution in [2.24, 2.45) is 5.73 Å². The van der Waals surface area contributed by atoms with E-state index in [1.807, 2.05) is 4.57 Å². The van der Waals surface area contributed by atoms with E-state index in [-0.39, 0.29) is 83.1 Å². The number of imidazole rings is 2. The lowest BCUT2D eigenvalue weighted by molar-refractivity contribution is 0.0696. The first kappa shape index (κ1) is 32.8. The number of nitrogens with zero attached hydrogens (tertiary/aromatic N) is 5. The van der Waals surface area contributed by atoms with E-state index in [0.29, 0.717) is 45.5 Å². The summed E-state index contributed by atoms with van der Waals surface area (Å²) in [6.07, 6.45) is 2.04. The van der Waals surface area contributed by atoms with Crippen molar-refractivity contribution in [2.45, 2.75) is 20.0 Å². The van der Waals surface area contributed by atoms with Crippen molar-refractivity contribution >= 4 is 46.0 Å². The lowest BCUT2D eigenvalue weighted by Crippen LogP contribution is -2.13. The SMILES string of the molecule is COc1c(C=O)ccc2c1nc1n2CCn2c(nc3c(OC)c(C(N)=O)ccc32)-c2cnc(cc2C(=O)O)OCCOc2ccc(C(C)=O)c-1c2. The molecule has 2 aliphatic rings. The van der Waals surface area contributed by atoms with Gasteiger partial charge in [-0.15, -0.1) is 0 Å². The Morgan fingerprint density at radius 1 is 0.824 bits per heavy atom. The van der Waals surface area contributed by atoms with Gasteiger partial charge < -0.3 is 38.9 Å². The van der Waals surface area contributed by atoms with Crippen LogP contribution in [-0.4, -0.2) is 80.6 Å². The number of carboxylic acids is 1. The largest absolute Gasteiger partial charge is 0.494 e. The molecule has 0 saturated heterocycles.